The molecule has 0 fully saturated rings. The van der Waals surface area contributed by atoms with Gasteiger partial charge in [0, 0.05) is 38.4 Å². The molecule has 0 aromatic carbocycles. The van der Waals surface area contributed by atoms with E-state index < -0.39 is 0 Å². The number of aryl methyl sites for hydroxylation is 1. The Morgan fingerprint density at radius 2 is 2.04 bits per heavy atom. The number of aromatic nitrogens is 1. The number of hydrogen-bond acceptors (Lipinski definition) is 2. The Morgan fingerprint density at radius 3 is 2.67 bits per heavy atom. The molecule has 24 heavy (non-hydrogen) atoms. The number of rotatable bonds is 8. The molecular weight excluding hydrogens is 300 g/mol. The van der Waals surface area contributed by atoms with Crippen molar-refractivity contribution in [2.24, 2.45) is 10.4 Å². The second-order valence-electron chi connectivity index (χ2n) is 7.58. The van der Waals surface area contributed by atoms with Crippen molar-refractivity contribution in [1.82, 2.24) is 15.2 Å². The van der Waals surface area contributed by atoms with Gasteiger partial charge in [-0.25, -0.2) is 0 Å². The maximum Gasteiger partial charge on any atom is 0.250 e. The van der Waals surface area contributed by atoms with Crippen LogP contribution < -0.4 is 16.2 Å². The number of nitrogens with zero attached hydrogens (tertiary/aromatic N) is 2. The Hall–Kier alpha value is -1.78. The van der Waals surface area contributed by atoms with Crippen molar-refractivity contribution in [3.05, 3.63) is 34.7 Å². The Morgan fingerprint density at radius 1 is 1.29 bits per heavy atom. The molecule has 1 unspecified atom stereocenters. The van der Waals surface area contributed by atoms with Crippen LogP contribution in [0, 0.1) is 5.41 Å². The summed E-state index contributed by atoms with van der Waals surface area (Å²) in [4.78, 5) is 15.9. The van der Waals surface area contributed by atoms with Crippen LogP contribution in [0.1, 0.15) is 53.4 Å². The Labute approximate surface area is 146 Å². The predicted molar refractivity (Wildman–Crippen MR) is 103 cm³/mol. The molecule has 136 valence electrons. The minimum Gasteiger partial charge on any atom is -0.356 e. The number of unbranched alkanes of at least 4 members (excludes halogenated alkanes) is 1. The van der Waals surface area contributed by atoms with Crippen LogP contribution in [0.4, 0.5) is 0 Å². The van der Waals surface area contributed by atoms with Gasteiger partial charge in [0.1, 0.15) is 0 Å². The van der Waals surface area contributed by atoms with Crippen molar-refractivity contribution in [2.75, 3.05) is 13.6 Å². The van der Waals surface area contributed by atoms with E-state index in [1.54, 1.807) is 23.7 Å². The van der Waals surface area contributed by atoms with Crippen LogP contribution in [0.3, 0.4) is 0 Å². The lowest BCUT2D eigenvalue weighted by atomic mass is 9.89. The van der Waals surface area contributed by atoms with E-state index in [-0.39, 0.29) is 5.56 Å². The molecule has 2 N–H and O–H groups in total. The first-order chi connectivity index (χ1) is 11.3. The van der Waals surface area contributed by atoms with E-state index in [9.17, 15) is 4.79 Å². The number of pyridine rings is 1. The molecule has 0 saturated carbocycles. The Balaban J connectivity index is 2.22. The zero-order chi connectivity index (χ0) is 18.0. The molecule has 5 heteroatoms. The van der Waals surface area contributed by atoms with Gasteiger partial charge in [0.05, 0.1) is 0 Å². The van der Waals surface area contributed by atoms with Gasteiger partial charge in [-0.15, -0.1) is 0 Å². The second kappa shape index (κ2) is 10.2. The third-order valence-electron chi connectivity index (χ3n) is 3.95. The fraction of sp³-hybridized carbons (Fsp3) is 0.684. The summed E-state index contributed by atoms with van der Waals surface area (Å²) in [6, 6.07) is 5.67. The molecule has 0 saturated heterocycles. The van der Waals surface area contributed by atoms with E-state index in [1.807, 2.05) is 12.3 Å². The normalized spacial score (nSPS) is 13.6. The molecule has 1 heterocycles. The average Bonchev–Trinajstić information content (AvgIpc) is 2.52. The van der Waals surface area contributed by atoms with Gasteiger partial charge in [-0.1, -0.05) is 26.8 Å². The number of nitrogens with one attached hydrogen (secondary N) is 2. The van der Waals surface area contributed by atoms with E-state index in [4.69, 9.17) is 0 Å². The summed E-state index contributed by atoms with van der Waals surface area (Å²) in [5.41, 5.74) is 0.429. The zero-order valence-corrected chi connectivity index (χ0v) is 15.9. The molecule has 0 aliphatic heterocycles. The minimum atomic E-state index is 0.0654. The lowest BCUT2D eigenvalue weighted by Gasteiger charge is -2.23. The minimum absolute atomic E-state index is 0.0654. The summed E-state index contributed by atoms with van der Waals surface area (Å²) >= 11 is 0. The largest absolute Gasteiger partial charge is 0.356 e. The molecule has 1 rings (SSSR count). The molecule has 0 spiro atoms. The monoisotopic (exact) mass is 334 g/mol. The molecule has 5 nitrogen and oxygen atoms in total. The summed E-state index contributed by atoms with van der Waals surface area (Å²) in [7, 11) is 1.80. The summed E-state index contributed by atoms with van der Waals surface area (Å²) < 4.78 is 1.75. The van der Waals surface area contributed by atoms with E-state index in [0.29, 0.717) is 11.5 Å². The summed E-state index contributed by atoms with van der Waals surface area (Å²) in [5, 5.41) is 6.79. The average molecular weight is 335 g/mol. The number of hydrogen-bond donors (Lipinski definition) is 2. The highest BCUT2D eigenvalue weighted by Crippen LogP contribution is 2.21. The quantitative estimate of drug-likeness (QED) is 0.436. The molecule has 0 amide bonds. The topological polar surface area (TPSA) is 58.4 Å². The van der Waals surface area contributed by atoms with Crippen LogP contribution in [-0.4, -0.2) is 30.2 Å². The van der Waals surface area contributed by atoms with Gasteiger partial charge in [-0.3, -0.25) is 9.79 Å². The van der Waals surface area contributed by atoms with E-state index >= 15 is 0 Å². The van der Waals surface area contributed by atoms with Crippen molar-refractivity contribution in [2.45, 2.75) is 66.0 Å². The number of guanidine groups is 1. The Kier molecular flexibility index (Phi) is 8.58. The summed E-state index contributed by atoms with van der Waals surface area (Å²) in [6.07, 6.45) is 6.12. The zero-order valence-electron chi connectivity index (χ0n) is 15.9. The first kappa shape index (κ1) is 20.3. The summed E-state index contributed by atoms with van der Waals surface area (Å²) in [5.74, 6) is 0.855. The van der Waals surface area contributed by atoms with Crippen LogP contribution in [0.5, 0.6) is 0 Å². The van der Waals surface area contributed by atoms with Gasteiger partial charge in [0.15, 0.2) is 5.96 Å². The smallest absolute Gasteiger partial charge is 0.250 e. The van der Waals surface area contributed by atoms with E-state index in [0.717, 1.165) is 38.3 Å². The van der Waals surface area contributed by atoms with Crippen LogP contribution in [0.25, 0.3) is 0 Å². The highest BCUT2D eigenvalue weighted by Gasteiger charge is 2.13. The van der Waals surface area contributed by atoms with Gasteiger partial charge in [0.25, 0.3) is 0 Å². The third-order valence-corrected chi connectivity index (χ3v) is 3.95. The fourth-order valence-electron chi connectivity index (χ4n) is 2.41. The van der Waals surface area contributed by atoms with E-state index in [2.05, 4.69) is 43.3 Å². The Bertz CT molecular complexity index is 557. The van der Waals surface area contributed by atoms with Gasteiger partial charge in [0.2, 0.25) is 5.56 Å². The van der Waals surface area contributed by atoms with Crippen molar-refractivity contribution in [3.8, 4) is 0 Å². The lowest BCUT2D eigenvalue weighted by molar-refractivity contribution is 0.346. The van der Waals surface area contributed by atoms with Gasteiger partial charge in [-0.05, 0) is 44.1 Å². The molecule has 1 aromatic rings. The van der Waals surface area contributed by atoms with Gasteiger partial charge < -0.3 is 15.2 Å². The number of aliphatic imine (C=N–C) groups is 1. The SMILES string of the molecule is CN=C(NCCCCn1ccccc1=O)NC(C)CCC(C)(C)C. The molecule has 0 bridgehead atoms. The summed E-state index contributed by atoms with van der Waals surface area (Å²) in [6.45, 7) is 10.6. The van der Waals surface area contributed by atoms with Crippen molar-refractivity contribution < 1.29 is 0 Å². The molecule has 1 aromatic heterocycles. The van der Waals surface area contributed by atoms with Crippen molar-refractivity contribution >= 4 is 5.96 Å². The van der Waals surface area contributed by atoms with Crippen molar-refractivity contribution in [1.29, 1.82) is 0 Å². The highest BCUT2D eigenvalue weighted by molar-refractivity contribution is 5.79. The van der Waals surface area contributed by atoms with Crippen molar-refractivity contribution in [3.63, 3.8) is 0 Å². The van der Waals surface area contributed by atoms with Crippen LogP contribution in [-0.2, 0) is 6.54 Å². The first-order valence-corrected chi connectivity index (χ1v) is 8.94. The molecule has 0 aliphatic carbocycles. The molecule has 0 radical (unpaired) electrons. The molecular formula is C19H34N4O. The molecule has 1 atom stereocenters. The predicted octanol–water partition coefficient (Wildman–Crippen LogP) is 3.01. The van der Waals surface area contributed by atoms with Crippen LogP contribution >= 0.6 is 0 Å². The molecule has 0 aliphatic rings. The van der Waals surface area contributed by atoms with Gasteiger partial charge in [-0.2, -0.15) is 0 Å². The highest BCUT2D eigenvalue weighted by atomic mass is 16.1. The maximum absolute atomic E-state index is 11.6. The van der Waals surface area contributed by atoms with E-state index in [1.165, 1.54) is 6.42 Å². The fourth-order valence-corrected chi connectivity index (χ4v) is 2.41. The van der Waals surface area contributed by atoms with Crippen LogP contribution in [0.2, 0.25) is 0 Å². The first-order valence-electron chi connectivity index (χ1n) is 8.94. The van der Waals surface area contributed by atoms with Gasteiger partial charge >= 0.3 is 0 Å². The standard InChI is InChI=1S/C19H34N4O/c1-16(11-12-19(2,3)4)22-18(20-5)21-13-7-9-15-23-14-8-6-10-17(23)24/h6,8,10,14,16H,7,9,11-13,15H2,1-5H3,(H2,20,21,22). The lowest BCUT2D eigenvalue weighted by Crippen LogP contribution is -2.42. The van der Waals surface area contributed by atoms with Crippen LogP contribution in [0.15, 0.2) is 34.2 Å². The third kappa shape index (κ3) is 8.75. The maximum atomic E-state index is 11.6. The second-order valence-corrected chi connectivity index (χ2v) is 7.58.